The minimum atomic E-state index is -0.670. The number of aliphatic hydroxyl groups is 1. The number of carbonyl (C=O) groups is 2. The normalized spacial score (nSPS) is 17.1. The highest BCUT2D eigenvalue weighted by atomic mass is 16.5. The van der Waals surface area contributed by atoms with E-state index in [-0.39, 0.29) is 11.3 Å². The van der Waals surface area contributed by atoms with Gasteiger partial charge in [-0.1, -0.05) is 54.1 Å². The van der Waals surface area contributed by atoms with Crippen LogP contribution >= 0.6 is 0 Å². The lowest BCUT2D eigenvalue weighted by atomic mass is 9.94. The van der Waals surface area contributed by atoms with E-state index in [1.165, 1.54) is 0 Å². The molecule has 0 bridgehead atoms. The maximum absolute atomic E-state index is 13.1. The Kier molecular flexibility index (Phi) is 7.55. The summed E-state index contributed by atoms with van der Waals surface area (Å²) in [6.07, 6.45) is 0. The van der Waals surface area contributed by atoms with Crippen LogP contribution in [0.15, 0.2) is 78.4 Å². The monoisotopic (exact) mass is 484 g/mol. The van der Waals surface area contributed by atoms with Crippen molar-refractivity contribution in [3.05, 3.63) is 106 Å². The standard InChI is InChI=1S/C30H32N2O4/c1-20-9-11-22(12-10-20)27-26(29(34)30(35)32(27)18-17-31(3)4)28(33)23-13-15-25(16-14-23)36-19-24-8-6-5-7-21(24)2/h5-16,27,33H,17-19H2,1-4H3. The molecule has 0 spiro atoms. The van der Waals surface area contributed by atoms with Crippen LogP contribution < -0.4 is 4.74 Å². The fourth-order valence-electron chi connectivity index (χ4n) is 4.31. The molecule has 3 aromatic rings. The van der Waals surface area contributed by atoms with E-state index in [1.807, 2.05) is 81.4 Å². The molecule has 6 nitrogen and oxygen atoms in total. The number of aliphatic hydroxyl groups excluding tert-OH is 1. The van der Waals surface area contributed by atoms with E-state index < -0.39 is 17.7 Å². The summed E-state index contributed by atoms with van der Waals surface area (Å²) in [5, 5.41) is 11.3. The molecule has 0 aromatic heterocycles. The van der Waals surface area contributed by atoms with E-state index in [4.69, 9.17) is 4.74 Å². The van der Waals surface area contributed by atoms with Gasteiger partial charge in [-0.25, -0.2) is 0 Å². The zero-order valence-corrected chi connectivity index (χ0v) is 21.2. The van der Waals surface area contributed by atoms with E-state index in [1.54, 1.807) is 29.2 Å². The summed E-state index contributed by atoms with van der Waals surface area (Å²) in [6.45, 7) is 5.43. The zero-order valence-electron chi connectivity index (χ0n) is 21.2. The molecule has 1 N–H and O–H groups in total. The Morgan fingerprint density at radius 2 is 1.61 bits per heavy atom. The maximum atomic E-state index is 13.1. The van der Waals surface area contributed by atoms with Gasteiger partial charge >= 0.3 is 0 Å². The molecule has 1 unspecified atom stereocenters. The number of rotatable bonds is 8. The summed E-state index contributed by atoms with van der Waals surface area (Å²) in [5.74, 6) is -0.799. The third-order valence-corrected chi connectivity index (χ3v) is 6.50. The van der Waals surface area contributed by atoms with Crippen molar-refractivity contribution in [3.63, 3.8) is 0 Å². The van der Waals surface area contributed by atoms with Gasteiger partial charge in [-0.2, -0.15) is 0 Å². The Balaban J connectivity index is 1.64. The number of likely N-dealkylation sites (tertiary alicyclic amines) is 1. The molecule has 3 aromatic carbocycles. The second kappa shape index (κ2) is 10.8. The summed E-state index contributed by atoms with van der Waals surface area (Å²) in [4.78, 5) is 29.7. The number of amides is 1. The molecule has 0 saturated carbocycles. The summed E-state index contributed by atoms with van der Waals surface area (Å²) >= 11 is 0. The van der Waals surface area contributed by atoms with Crippen LogP contribution in [0.3, 0.4) is 0 Å². The number of benzene rings is 3. The second-order valence-corrected chi connectivity index (χ2v) is 9.45. The number of ketones is 1. The Morgan fingerprint density at radius 3 is 2.25 bits per heavy atom. The van der Waals surface area contributed by atoms with Gasteiger partial charge in [-0.15, -0.1) is 0 Å². The van der Waals surface area contributed by atoms with Crippen LogP contribution in [0.1, 0.15) is 33.9 Å². The summed E-state index contributed by atoms with van der Waals surface area (Å²) in [5.41, 5.74) is 4.68. The van der Waals surface area contributed by atoms with Gasteiger partial charge in [0.2, 0.25) is 0 Å². The van der Waals surface area contributed by atoms with E-state index in [2.05, 4.69) is 0 Å². The predicted octanol–water partition coefficient (Wildman–Crippen LogP) is 4.87. The highest BCUT2D eigenvalue weighted by molar-refractivity contribution is 6.46. The number of nitrogens with zero attached hydrogens (tertiary/aromatic N) is 2. The van der Waals surface area contributed by atoms with Crippen LogP contribution in [0.25, 0.3) is 5.76 Å². The van der Waals surface area contributed by atoms with Crippen molar-refractivity contribution in [1.29, 1.82) is 0 Å². The first-order chi connectivity index (χ1) is 17.3. The minimum absolute atomic E-state index is 0.108. The minimum Gasteiger partial charge on any atom is -0.507 e. The summed E-state index contributed by atoms with van der Waals surface area (Å²) in [7, 11) is 3.83. The molecular weight excluding hydrogens is 452 g/mol. The van der Waals surface area contributed by atoms with Gasteiger partial charge in [-0.3, -0.25) is 9.59 Å². The quantitative estimate of drug-likeness (QED) is 0.281. The molecule has 36 heavy (non-hydrogen) atoms. The molecule has 6 heteroatoms. The number of hydrogen-bond donors (Lipinski definition) is 1. The fraction of sp³-hybridized carbons (Fsp3) is 0.267. The SMILES string of the molecule is Cc1ccc(C2C(=C(O)c3ccc(OCc4ccccc4C)cc3)C(=O)C(=O)N2CCN(C)C)cc1. The summed E-state index contributed by atoms with van der Waals surface area (Å²) < 4.78 is 5.91. The van der Waals surface area contributed by atoms with Crippen LogP contribution in [0.2, 0.25) is 0 Å². The largest absolute Gasteiger partial charge is 0.507 e. The van der Waals surface area contributed by atoms with Gasteiger partial charge in [-0.05, 0) is 68.9 Å². The lowest BCUT2D eigenvalue weighted by molar-refractivity contribution is -0.140. The van der Waals surface area contributed by atoms with Crippen LogP contribution in [-0.4, -0.2) is 53.8 Å². The van der Waals surface area contributed by atoms with Crippen LogP contribution in [0, 0.1) is 13.8 Å². The number of aryl methyl sites for hydroxylation is 2. The Hall–Kier alpha value is -3.90. The van der Waals surface area contributed by atoms with Crippen molar-refractivity contribution >= 4 is 17.4 Å². The summed E-state index contributed by atoms with van der Waals surface area (Å²) in [6, 6.07) is 22.0. The average molecular weight is 485 g/mol. The van der Waals surface area contributed by atoms with Crippen LogP contribution in [0.5, 0.6) is 5.75 Å². The van der Waals surface area contributed by atoms with Gasteiger partial charge in [0.05, 0.1) is 11.6 Å². The Morgan fingerprint density at radius 1 is 0.944 bits per heavy atom. The second-order valence-electron chi connectivity index (χ2n) is 9.45. The van der Waals surface area contributed by atoms with Crippen molar-refractivity contribution in [1.82, 2.24) is 9.80 Å². The smallest absolute Gasteiger partial charge is 0.295 e. The average Bonchev–Trinajstić information content (AvgIpc) is 3.12. The lowest BCUT2D eigenvalue weighted by Crippen LogP contribution is -2.35. The molecule has 0 radical (unpaired) electrons. The zero-order chi connectivity index (χ0) is 25.8. The van der Waals surface area contributed by atoms with Crippen LogP contribution in [-0.2, 0) is 16.2 Å². The Labute approximate surface area is 212 Å². The molecule has 1 amide bonds. The van der Waals surface area contributed by atoms with E-state index in [0.29, 0.717) is 31.0 Å². The predicted molar refractivity (Wildman–Crippen MR) is 141 cm³/mol. The van der Waals surface area contributed by atoms with Crippen molar-refractivity contribution in [2.45, 2.75) is 26.5 Å². The van der Waals surface area contributed by atoms with Gasteiger partial charge in [0.1, 0.15) is 18.1 Å². The van der Waals surface area contributed by atoms with E-state index >= 15 is 0 Å². The number of likely N-dealkylation sites (N-methyl/N-ethyl adjacent to an activating group) is 1. The highest BCUT2D eigenvalue weighted by Crippen LogP contribution is 2.39. The van der Waals surface area contributed by atoms with E-state index in [9.17, 15) is 14.7 Å². The molecule has 1 saturated heterocycles. The highest BCUT2D eigenvalue weighted by Gasteiger charge is 2.45. The fourth-order valence-corrected chi connectivity index (χ4v) is 4.31. The molecule has 0 aliphatic carbocycles. The maximum Gasteiger partial charge on any atom is 0.295 e. The van der Waals surface area contributed by atoms with Gasteiger partial charge in [0.15, 0.2) is 0 Å². The number of hydrogen-bond acceptors (Lipinski definition) is 5. The first kappa shape index (κ1) is 25.2. The molecule has 1 fully saturated rings. The molecule has 1 atom stereocenters. The van der Waals surface area contributed by atoms with Crippen molar-refractivity contribution in [2.75, 3.05) is 27.2 Å². The molecular formula is C30H32N2O4. The van der Waals surface area contributed by atoms with Crippen LogP contribution in [0.4, 0.5) is 0 Å². The molecule has 186 valence electrons. The van der Waals surface area contributed by atoms with Crippen molar-refractivity contribution < 1.29 is 19.4 Å². The number of Topliss-reactive ketones (excluding diaryl/α,β-unsaturated/α-hetero) is 1. The third kappa shape index (κ3) is 5.34. The molecule has 4 rings (SSSR count). The Bertz CT molecular complexity index is 1280. The first-order valence-corrected chi connectivity index (χ1v) is 12.0. The van der Waals surface area contributed by atoms with E-state index in [0.717, 1.165) is 22.3 Å². The molecule has 1 aliphatic heterocycles. The topological polar surface area (TPSA) is 70.1 Å². The van der Waals surface area contributed by atoms with Crippen molar-refractivity contribution in [2.24, 2.45) is 0 Å². The number of ether oxygens (including phenoxy) is 1. The molecule has 1 heterocycles. The van der Waals surface area contributed by atoms with Gasteiger partial charge in [0, 0.05) is 18.7 Å². The number of carbonyl (C=O) groups excluding carboxylic acids is 2. The molecule has 1 aliphatic rings. The van der Waals surface area contributed by atoms with Crippen molar-refractivity contribution in [3.8, 4) is 5.75 Å². The van der Waals surface area contributed by atoms with Gasteiger partial charge in [0.25, 0.3) is 11.7 Å². The third-order valence-electron chi connectivity index (χ3n) is 6.50. The first-order valence-electron chi connectivity index (χ1n) is 12.0. The lowest BCUT2D eigenvalue weighted by Gasteiger charge is -2.26. The van der Waals surface area contributed by atoms with Gasteiger partial charge < -0.3 is 19.6 Å².